The summed E-state index contributed by atoms with van der Waals surface area (Å²) >= 11 is 0. The molecule has 4 aliphatic rings. The number of carbonyl (C=O) groups is 5. The molecule has 474 valence electrons. The number of anilines is 1. The van der Waals surface area contributed by atoms with Gasteiger partial charge in [-0.15, -0.1) is 13.2 Å². The van der Waals surface area contributed by atoms with Crippen molar-refractivity contribution < 1.29 is 92.6 Å². The van der Waals surface area contributed by atoms with Gasteiger partial charge in [-0.1, -0.05) is 64.0 Å². The van der Waals surface area contributed by atoms with Gasteiger partial charge in [0.2, 0.25) is 38.9 Å². The van der Waals surface area contributed by atoms with Gasteiger partial charge in [-0.25, -0.2) is 13.2 Å². The number of aliphatic hydroxyl groups excluding tert-OH is 5. The molecule has 4 atom stereocenters. The number of nitrogens with zero attached hydrogens (tertiary/aromatic N) is 4. The molecule has 0 aliphatic heterocycles. The molecule has 5 rings (SSSR count). The number of para-hydroxylation sites is 1. The number of carbonyl (C=O) groups excluding carboxylic acids is 5. The zero-order valence-electron chi connectivity index (χ0n) is 51.0. The second-order valence-corrected chi connectivity index (χ2v) is 22.9. The van der Waals surface area contributed by atoms with Gasteiger partial charge >= 0.3 is 5.97 Å². The van der Waals surface area contributed by atoms with Crippen LogP contribution < -0.4 is 9.62 Å². The Kier molecular flexibility index (Phi) is 30.7. The first-order valence-corrected chi connectivity index (χ1v) is 29.5. The number of ketones is 4. The fourth-order valence-corrected chi connectivity index (χ4v) is 9.37. The topological polar surface area (TPSA) is 354 Å². The van der Waals surface area contributed by atoms with Gasteiger partial charge in [0.25, 0.3) is 0 Å². The first-order valence-electron chi connectivity index (χ1n) is 27.6. The van der Waals surface area contributed by atoms with E-state index in [0.29, 0.717) is 62.2 Å². The van der Waals surface area contributed by atoms with Crippen LogP contribution in [-0.2, 0) is 48.2 Å². The van der Waals surface area contributed by atoms with Crippen molar-refractivity contribution in [1.29, 1.82) is 0 Å². The van der Waals surface area contributed by atoms with E-state index in [4.69, 9.17) is 9.47 Å². The SMILES string of the molecule is C=CCN(CC=C)C1=C(O)C(=O)C(C)(O)C1.CCCCN(CCCC)C1=C(O)C(=O)C(C)(O)C1.CCOC(=O)/C(O)=C(\CC)NS(C)(=O)=O.CN(C1=C(O)C(=O)C(C)(O)C1)c1ccccc1.COCCN(CCOC)C1=C(O)C(=O)C(C)(O)C1. The zero-order valence-corrected chi connectivity index (χ0v) is 51.8. The van der Waals surface area contributed by atoms with Crippen molar-refractivity contribution in [3.8, 4) is 0 Å². The van der Waals surface area contributed by atoms with Gasteiger partial charge < -0.3 is 79.8 Å². The lowest BCUT2D eigenvalue weighted by Crippen LogP contribution is -2.33. The molecule has 0 radical (unpaired) electrons. The summed E-state index contributed by atoms with van der Waals surface area (Å²) in [7, 11) is 1.42. The molecule has 4 unspecified atom stereocenters. The van der Waals surface area contributed by atoms with E-state index >= 15 is 0 Å². The predicted molar refractivity (Wildman–Crippen MR) is 318 cm³/mol. The predicted octanol–water partition coefficient (Wildman–Crippen LogP) is 5.50. The number of methoxy groups -OCH3 is 2. The molecule has 25 heteroatoms. The number of hydrogen-bond donors (Lipinski definition) is 10. The summed E-state index contributed by atoms with van der Waals surface area (Å²) in [6.45, 7) is 25.1. The largest absolute Gasteiger partial charge is 0.503 e. The van der Waals surface area contributed by atoms with Crippen LogP contribution in [-0.4, -0.2) is 207 Å². The Morgan fingerprint density at radius 1 is 0.619 bits per heavy atom. The Morgan fingerprint density at radius 2 is 0.964 bits per heavy atom. The molecule has 0 fully saturated rings. The summed E-state index contributed by atoms with van der Waals surface area (Å²) in [5, 5.41) is 87.8. The molecule has 0 bridgehead atoms. The van der Waals surface area contributed by atoms with Crippen molar-refractivity contribution in [2.24, 2.45) is 0 Å². The number of aliphatic hydroxyl groups is 9. The van der Waals surface area contributed by atoms with Crippen LogP contribution in [0, 0.1) is 0 Å². The maximum Gasteiger partial charge on any atom is 0.375 e. The summed E-state index contributed by atoms with van der Waals surface area (Å²) in [4.78, 5) is 64.9. The van der Waals surface area contributed by atoms with Gasteiger partial charge in [0.1, 0.15) is 22.4 Å². The number of allylic oxidation sites excluding steroid dienone is 1. The third kappa shape index (κ3) is 22.0. The maximum atomic E-state index is 11.7. The first-order chi connectivity index (χ1) is 39.1. The van der Waals surface area contributed by atoms with Gasteiger partial charge in [0, 0.05) is 91.9 Å². The van der Waals surface area contributed by atoms with E-state index in [0.717, 1.165) is 50.7 Å². The molecule has 0 saturated heterocycles. The molecule has 0 amide bonds. The Bertz CT molecular complexity index is 2620. The highest BCUT2D eigenvalue weighted by atomic mass is 32.2. The minimum atomic E-state index is -3.50. The maximum absolute atomic E-state index is 11.7. The van der Waals surface area contributed by atoms with Crippen LogP contribution in [0.5, 0.6) is 0 Å². The normalized spacial score (nSPS) is 22.2. The average molecular weight is 1210 g/mol. The van der Waals surface area contributed by atoms with Crippen LogP contribution in [0.2, 0.25) is 0 Å². The summed E-state index contributed by atoms with van der Waals surface area (Å²) in [6, 6.07) is 9.38. The van der Waals surface area contributed by atoms with Crippen molar-refractivity contribution in [3.63, 3.8) is 0 Å². The Labute approximate surface area is 495 Å². The van der Waals surface area contributed by atoms with Crippen LogP contribution in [0.3, 0.4) is 0 Å². The molecule has 84 heavy (non-hydrogen) atoms. The average Bonchev–Trinajstić information content (AvgIpc) is 3.48. The lowest BCUT2D eigenvalue weighted by atomic mass is 10.0. The summed E-state index contributed by atoms with van der Waals surface area (Å²) in [5.41, 5.74) is -3.18. The molecule has 10 N–H and O–H groups in total. The van der Waals surface area contributed by atoms with Gasteiger partial charge in [0.05, 0.1) is 54.6 Å². The third-order valence-corrected chi connectivity index (χ3v) is 14.1. The van der Waals surface area contributed by atoms with Crippen molar-refractivity contribution >= 4 is 44.8 Å². The highest BCUT2D eigenvalue weighted by Crippen LogP contribution is 2.36. The minimum Gasteiger partial charge on any atom is -0.503 e. The highest BCUT2D eigenvalue weighted by molar-refractivity contribution is 7.88. The van der Waals surface area contributed by atoms with E-state index < -0.39 is 67.3 Å². The second-order valence-electron chi connectivity index (χ2n) is 21.1. The molecule has 0 saturated carbocycles. The molecular weight excluding hydrogens is 1110 g/mol. The van der Waals surface area contributed by atoms with Crippen molar-refractivity contribution in [2.45, 2.75) is 136 Å². The number of rotatable bonds is 26. The highest BCUT2D eigenvalue weighted by Gasteiger charge is 2.47. The van der Waals surface area contributed by atoms with E-state index in [1.54, 1.807) is 57.1 Å². The third-order valence-electron chi connectivity index (χ3n) is 13.5. The van der Waals surface area contributed by atoms with E-state index in [-0.39, 0.29) is 67.4 Å². The van der Waals surface area contributed by atoms with Gasteiger partial charge in [0.15, 0.2) is 23.0 Å². The lowest BCUT2D eigenvalue weighted by molar-refractivity contribution is -0.141. The van der Waals surface area contributed by atoms with Crippen molar-refractivity contribution in [1.82, 2.24) is 19.4 Å². The number of nitrogens with one attached hydrogen (secondary N) is 1. The molecule has 0 spiro atoms. The van der Waals surface area contributed by atoms with Crippen LogP contribution in [0.1, 0.15) is 113 Å². The number of unbranched alkanes of at least 4 members (excludes halogenated alkanes) is 2. The number of Topliss-reactive ketones (excluding diaryl/α,β-unsaturated/α-hetero) is 4. The summed E-state index contributed by atoms with van der Waals surface area (Å²) in [6.07, 6.45) is 9.23. The summed E-state index contributed by atoms with van der Waals surface area (Å²) < 4.78 is 38.3. The fourth-order valence-electron chi connectivity index (χ4n) is 8.68. The van der Waals surface area contributed by atoms with Gasteiger partial charge in [-0.2, -0.15) is 0 Å². The van der Waals surface area contributed by atoms with Crippen LogP contribution in [0.25, 0.3) is 0 Å². The summed E-state index contributed by atoms with van der Waals surface area (Å²) in [5.74, 6) is -5.35. The van der Waals surface area contributed by atoms with Crippen molar-refractivity contribution in [3.05, 3.63) is 113 Å². The van der Waals surface area contributed by atoms with Crippen LogP contribution >= 0.6 is 0 Å². The minimum absolute atomic E-state index is 0.0732. The number of esters is 1. The van der Waals surface area contributed by atoms with E-state index in [1.165, 1.54) is 27.7 Å². The monoisotopic (exact) mass is 1210 g/mol. The van der Waals surface area contributed by atoms with Gasteiger partial charge in [-0.3, -0.25) is 23.9 Å². The van der Waals surface area contributed by atoms with Gasteiger partial charge in [-0.05, 0) is 66.0 Å². The number of hydrogen-bond acceptors (Lipinski definition) is 23. The lowest BCUT2D eigenvalue weighted by Gasteiger charge is -2.26. The molecule has 24 nitrogen and oxygen atoms in total. The van der Waals surface area contributed by atoms with E-state index in [2.05, 4.69) is 36.6 Å². The Balaban J connectivity index is 0.000000526. The molecule has 4 aliphatic carbocycles. The zero-order chi connectivity index (χ0) is 64.6. The van der Waals surface area contributed by atoms with Crippen LogP contribution in [0.4, 0.5) is 5.69 Å². The fraction of sp³-hybridized carbons (Fsp3) is 0.576. The van der Waals surface area contributed by atoms with Crippen molar-refractivity contribution in [2.75, 3.05) is 91.5 Å². The standard InChI is InChI=1S/C14H25NO3.C13H15NO3.C12H21NO5.C12H17NO3.C8H15NO5S/c1-4-6-8-15(9-7-5-2)11-10-14(3,18)13(17)12(11)16;1-13(17)8-10(11(15)12(13)16)14(2)9-6-4-3-5-7-9;1-12(16)8-9(10(14)11(12)15)13(4-6-17-2)5-7-18-3;1-4-6-13(7-5-2)9-8-12(3,16)11(15)10(9)14;1-4-6(9-15(3,12)13)7(10)8(11)14-5-2/h16,18H,4-10H2,1-3H3;3-7,15,17H,8H2,1-2H3;14,16H,4-8H2,1-3H3;4-5,14,16H,1-2,6-8H2,3H3;9-10H,4-5H2,1-3H3/b;;;;7-6-. The smallest absolute Gasteiger partial charge is 0.375 e. The molecular formula is C59H93N5O19S. The van der Waals surface area contributed by atoms with E-state index in [9.17, 15) is 78.3 Å². The second kappa shape index (κ2) is 34.3. The first kappa shape index (κ1) is 75.3. The molecule has 0 heterocycles. The van der Waals surface area contributed by atoms with Crippen LogP contribution in [0.15, 0.2) is 113 Å². The Morgan fingerprint density at radius 3 is 1.25 bits per heavy atom. The number of sulfonamides is 1. The molecule has 1 aromatic rings. The van der Waals surface area contributed by atoms with E-state index in [1.807, 2.05) is 40.0 Å². The quantitative estimate of drug-likeness (QED) is 0.0237. The number of benzene rings is 1. The number of ether oxygens (including phenoxy) is 3. The molecule has 1 aromatic carbocycles. The molecule has 0 aromatic heterocycles. The Hall–Kier alpha value is -6.74.